The van der Waals surface area contributed by atoms with Crippen LogP contribution in [0.3, 0.4) is 0 Å². The van der Waals surface area contributed by atoms with Crippen LogP contribution in [0.25, 0.3) is 11.3 Å². The second-order valence-corrected chi connectivity index (χ2v) is 6.61. The molecule has 154 valence electrons. The predicted octanol–water partition coefficient (Wildman–Crippen LogP) is 2.17. The van der Waals surface area contributed by atoms with Gasteiger partial charge in [0.15, 0.2) is 11.5 Å². The zero-order chi connectivity index (χ0) is 21.5. The molecule has 1 heterocycles. The molecule has 0 unspecified atom stereocenters. The lowest BCUT2D eigenvalue weighted by Crippen LogP contribution is -2.36. The number of esters is 1. The highest BCUT2D eigenvalue weighted by Gasteiger charge is 2.16. The summed E-state index contributed by atoms with van der Waals surface area (Å²) in [6.45, 7) is 2.19. The minimum Gasteiger partial charge on any atom is -0.425 e. The summed E-state index contributed by atoms with van der Waals surface area (Å²) < 4.78 is 5.35. The van der Waals surface area contributed by atoms with Crippen LogP contribution in [0.1, 0.15) is 23.0 Å². The maximum absolute atomic E-state index is 12.2. The average molecular weight is 405 g/mol. The van der Waals surface area contributed by atoms with E-state index in [2.05, 4.69) is 20.6 Å². The Labute approximate surface area is 174 Å². The van der Waals surface area contributed by atoms with Crippen LogP contribution in [0.4, 0.5) is 5.82 Å². The maximum atomic E-state index is 12.2. The smallest absolute Gasteiger partial charge is 0.328 e. The number of carbonyl (C=O) groups is 2. The van der Waals surface area contributed by atoms with Gasteiger partial charge in [-0.15, -0.1) is 0 Å². The topological polar surface area (TPSA) is 119 Å². The molecule has 0 fully saturated rings. The molecule has 1 aromatic heterocycles. The quantitative estimate of drug-likeness (QED) is 0.407. The number of carbonyl (C=O) groups excluding carboxylic acids is 2. The Morgan fingerprint density at radius 3 is 2.63 bits per heavy atom. The lowest BCUT2D eigenvalue weighted by atomic mass is 10.1. The van der Waals surface area contributed by atoms with Gasteiger partial charge in [0.1, 0.15) is 11.8 Å². The van der Waals surface area contributed by atoms with Gasteiger partial charge in [-0.2, -0.15) is 0 Å². The highest BCUT2D eigenvalue weighted by atomic mass is 16.5. The standard InChI is InChI=1S/C22H23N5O3/c1-14(22(29)30-17-9-4-3-5-10-17)25-12-15-7-6-8-16(11-15)18-13-26-20(23)19(27-18)21(28)24-2/h3-11,13-14,25H,12H2,1-2H3,(H2,23,26)(H,24,28)/t14-/m0/s1. The first-order valence-electron chi connectivity index (χ1n) is 9.42. The van der Waals surface area contributed by atoms with E-state index in [1.807, 2.05) is 42.5 Å². The number of hydrogen-bond acceptors (Lipinski definition) is 7. The molecular formula is C22H23N5O3. The molecule has 30 heavy (non-hydrogen) atoms. The van der Waals surface area contributed by atoms with Crippen molar-refractivity contribution < 1.29 is 14.3 Å². The number of anilines is 1. The van der Waals surface area contributed by atoms with Gasteiger partial charge in [-0.05, 0) is 30.7 Å². The number of para-hydroxylation sites is 1. The molecule has 3 aromatic rings. The lowest BCUT2D eigenvalue weighted by molar-refractivity contribution is -0.136. The zero-order valence-corrected chi connectivity index (χ0v) is 16.8. The van der Waals surface area contributed by atoms with Gasteiger partial charge < -0.3 is 21.1 Å². The molecule has 1 amide bonds. The van der Waals surface area contributed by atoms with Crippen molar-refractivity contribution in [3.05, 3.63) is 72.1 Å². The maximum Gasteiger partial charge on any atom is 0.328 e. The second kappa shape index (κ2) is 9.62. The van der Waals surface area contributed by atoms with Crippen molar-refractivity contribution >= 4 is 17.7 Å². The average Bonchev–Trinajstić information content (AvgIpc) is 2.78. The van der Waals surface area contributed by atoms with Crippen molar-refractivity contribution in [1.82, 2.24) is 20.6 Å². The summed E-state index contributed by atoms with van der Waals surface area (Å²) >= 11 is 0. The van der Waals surface area contributed by atoms with Gasteiger partial charge in [0.2, 0.25) is 0 Å². The first-order chi connectivity index (χ1) is 14.5. The third kappa shape index (κ3) is 5.18. The fraction of sp³-hybridized carbons (Fsp3) is 0.182. The molecule has 3 rings (SSSR count). The highest BCUT2D eigenvalue weighted by Crippen LogP contribution is 2.20. The Hall–Kier alpha value is -3.78. The number of nitrogen functional groups attached to an aromatic ring is 1. The summed E-state index contributed by atoms with van der Waals surface area (Å²) in [5, 5.41) is 5.65. The molecule has 0 radical (unpaired) electrons. The first-order valence-corrected chi connectivity index (χ1v) is 9.42. The Bertz CT molecular complexity index is 1040. The highest BCUT2D eigenvalue weighted by molar-refractivity contribution is 5.96. The molecule has 0 aliphatic rings. The van der Waals surface area contributed by atoms with E-state index in [1.54, 1.807) is 19.1 Å². The lowest BCUT2D eigenvalue weighted by Gasteiger charge is -2.14. The Kier molecular flexibility index (Phi) is 6.71. The third-order valence-electron chi connectivity index (χ3n) is 4.39. The monoisotopic (exact) mass is 405 g/mol. The molecular weight excluding hydrogens is 382 g/mol. The Morgan fingerprint density at radius 1 is 1.13 bits per heavy atom. The van der Waals surface area contributed by atoms with Crippen molar-refractivity contribution in [2.75, 3.05) is 12.8 Å². The molecule has 2 aromatic carbocycles. The van der Waals surface area contributed by atoms with E-state index in [-0.39, 0.29) is 17.5 Å². The number of nitrogens with one attached hydrogen (secondary N) is 2. The zero-order valence-electron chi connectivity index (χ0n) is 16.8. The molecule has 8 heteroatoms. The molecule has 0 saturated heterocycles. The van der Waals surface area contributed by atoms with E-state index < -0.39 is 11.9 Å². The van der Waals surface area contributed by atoms with Gasteiger partial charge in [-0.25, -0.2) is 14.8 Å². The Morgan fingerprint density at radius 2 is 1.90 bits per heavy atom. The van der Waals surface area contributed by atoms with E-state index in [0.29, 0.717) is 18.0 Å². The number of aromatic nitrogens is 2. The van der Waals surface area contributed by atoms with Crippen LogP contribution in [0.5, 0.6) is 5.75 Å². The van der Waals surface area contributed by atoms with E-state index in [0.717, 1.165) is 11.1 Å². The number of benzene rings is 2. The van der Waals surface area contributed by atoms with Gasteiger partial charge in [-0.1, -0.05) is 36.4 Å². The summed E-state index contributed by atoms with van der Waals surface area (Å²) in [5.74, 6) is -0.184. The van der Waals surface area contributed by atoms with Crippen molar-refractivity contribution in [3.63, 3.8) is 0 Å². The summed E-state index contributed by atoms with van der Waals surface area (Å²) in [5.41, 5.74) is 8.08. The van der Waals surface area contributed by atoms with Crippen molar-refractivity contribution in [3.8, 4) is 17.0 Å². The fourth-order valence-corrected chi connectivity index (χ4v) is 2.71. The molecule has 0 aliphatic carbocycles. The molecule has 0 bridgehead atoms. The minimum atomic E-state index is -0.495. The van der Waals surface area contributed by atoms with E-state index >= 15 is 0 Å². The number of rotatable bonds is 7. The van der Waals surface area contributed by atoms with Crippen molar-refractivity contribution in [2.45, 2.75) is 19.5 Å². The van der Waals surface area contributed by atoms with Crippen molar-refractivity contribution in [1.29, 1.82) is 0 Å². The van der Waals surface area contributed by atoms with Gasteiger partial charge >= 0.3 is 5.97 Å². The molecule has 8 nitrogen and oxygen atoms in total. The number of amides is 1. The van der Waals surface area contributed by atoms with Crippen LogP contribution in [0.15, 0.2) is 60.8 Å². The van der Waals surface area contributed by atoms with Crippen LogP contribution >= 0.6 is 0 Å². The molecule has 0 spiro atoms. The molecule has 4 N–H and O–H groups in total. The minimum absolute atomic E-state index is 0.0710. The normalized spacial score (nSPS) is 11.5. The number of nitrogens with zero attached hydrogens (tertiary/aromatic N) is 2. The number of hydrogen-bond donors (Lipinski definition) is 3. The third-order valence-corrected chi connectivity index (χ3v) is 4.39. The van der Waals surface area contributed by atoms with E-state index in [9.17, 15) is 9.59 Å². The van der Waals surface area contributed by atoms with Crippen LogP contribution in [-0.2, 0) is 11.3 Å². The van der Waals surface area contributed by atoms with Crippen LogP contribution in [0, 0.1) is 0 Å². The van der Waals surface area contributed by atoms with Crippen LogP contribution < -0.4 is 21.1 Å². The molecule has 0 aliphatic heterocycles. The van der Waals surface area contributed by atoms with Crippen molar-refractivity contribution in [2.24, 2.45) is 0 Å². The fourth-order valence-electron chi connectivity index (χ4n) is 2.71. The second-order valence-electron chi connectivity index (χ2n) is 6.61. The number of nitrogens with two attached hydrogens (primary N) is 1. The van der Waals surface area contributed by atoms with Crippen LogP contribution in [-0.4, -0.2) is 34.9 Å². The van der Waals surface area contributed by atoms with E-state index in [4.69, 9.17) is 10.5 Å². The van der Waals surface area contributed by atoms with Gasteiger partial charge in [0, 0.05) is 19.2 Å². The molecule has 1 atom stereocenters. The summed E-state index contributed by atoms with van der Waals surface area (Å²) in [4.78, 5) is 32.5. The van der Waals surface area contributed by atoms with Gasteiger partial charge in [-0.3, -0.25) is 4.79 Å². The predicted molar refractivity (Wildman–Crippen MR) is 114 cm³/mol. The van der Waals surface area contributed by atoms with Crippen LogP contribution in [0.2, 0.25) is 0 Å². The Balaban J connectivity index is 1.67. The van der Waals surface area contributed by atoms with Gasteiger partial charge in [0.25, 0.3) is 5.91 Å². The molecule has 0 saturated carbocycles. The first kappa shape index (κ1) is 20.9. The van der Waals surface area contributed by atoms with Gasteiger partial charge in [0.05, 0.1) is 11.9 Å². The largest absolute Gasteiger partial charge is 0.425 e. The summed E-state index contributed by atoms with van der Waals surface area (Å²) in [6, 6.07) is 16.0. The summed E-state index contributed by atoms with van der Waals surface area (Å²) in [7, 11) is 1.51. The van der Waals surface area contributed by atoms with E-state index in [1.165, 1.54) is 13.2 Å². The summed E-state index contributed by atoms with van der Waals surface area (Å²) in [6.07, 6.45) is 1.52. The SMILES string of the molecule is CNC(=O)c1nc(-c2cccc(CN[C@@H](C)C(=O)Oc3ccccc3)c2)cnc1N. The number of ether oxygens (including phenoxy) is 1.